The molecule has 1 fully saturated rings. The second-order valence-corrected chi connectivity index (χ2v) is 5.32. The molecule has 0 radical (unpaired) electrons. The Morgan fingerprint density at radius 3 is 2.74 bits per heavy atom. The first-order valence-corrected chi connectivity index (χ1v) is 6.88. The van der Waals surface area contributed by atoms with Crippen molar-refractivity contribution >= 4 is 17.2 Å². The summed E-state index contributed by atoms with van der Waals surface area (Å²) < 4.78 is 0. The summed E-state index contributed by atoms with van der Waals surface area (Å²) in [6.45, 7) is 6.86. The van der Waals surface area contributed by atoms with Crippen molar-refractivity contribution in [2.45, 2.75) is 26.3 Å². The number of carbonyl (C=O) groups is 1. The number of anilines is 2. The van der Waals surface area contributed by atoms with Crippen molar-refractivity contribution in [3.63, 3.8) is 0 Å². The van der Waals surface area contributed by atoms with Crippen molar-refractivity contribution in [3.05, 3.63) is 23.8 Å². The summed E-state index contributed by atoms with van der Waals surface area (Å²) in [5, 5.41) is 0. The van der Waals surface area contributed by atoms with Crippen molar-refractivity contribution in [2.75, 3.05) is 37.3 Å². The topological polar surface area (TPSA) is 49.6 Å². The van der Waals surface area contributed by atoms with Gasteiger partial charge in [-0.3, -0.25) is 9.69 Å². The lowest BCUT2D eigenvalue weighted by Crippen LogP contribution is -2.51. The Bertz CT molecular complexity index is 472. The lowest BCUT2D eigenvalue weighted by molar-refractivity contribution is 0.101. The van der Waals surface area contributed by atoms with Crippen molar-refractivity contribution in [1.29, 1.82) is 0 Å². The summed E-state index contributed by atoms with van der Waals surface area (Å²) in [5.74, 6) is 0.0221. The van der Waals surface area contributed by atoms with E-state index < -0.39 is 0 Å². The standard InChI is InChI=1S/C15H23N3O/c1-4-12-10-18(8-7-17(12)3)13-5-6-14(11(2)19)15(16)9-13/h5-6,9,12H,4,7-8,10,16H2,1-3H3. The number of ketones is 1. The fraction of sp³-hybridized carbons (Fsp3) is 0.533. The minimum absolute atomic E-state index is 0.0221. The van der Waals surface area contributed by atoms with Crippen LogP contribution in [0.2, 0.25) is 0 Å². The van der Waals surface area contributed by atoms with Crippen LogP contribution in [0.15, 0.2) is 18.2 Å². The molecule has 104 valence electrons. The molecule has 1 saturated heterocycles. The number of nitrogens with zero attached hydrogens (tertiary/aromatic N) is 2. The molecule has 1 aromatic rings. The monoisotopic (exact) mass is 261 g/mol. The molecular weight excluding hydrogens is 238 g/mol. The number of carbonyl (C=O) groups excluding carboxylic acids is 1. The molecule has 19 heavy (non-hydrogen) atoms. The van der Waals surface area contributed by atoms with E-state index in [9.17, 15) is 4.79 Å². The maximum absolute atomic E-state index is 11.4. The highest BCUT2D eigenvalue weighted by Gasteiger charge is 2.23. The third-order valence-corrected chi connectivity index (χ3v) is 4.03. The number of nitrogens with two attached hydrogens (primary N) is 1. The molecule has 0 aromatic heterocycles. The molecule has 1 unspecified atom stereocenters. The molecule has 1 aliphatic heterocycles. The van der Waals surface area contributed by atoms with Crippen LogP contribution in [-0.4, -0.2) is 43.4 Å². The number of rotatable bonds is 3. The molecule has 0 aliphatic carbocycles. The van der Waals surface area contributed by atoms with Gasteiger partial charge in [0.05, 0.1) is 0 Å². The first-order valence-electron chi connectivity index (χ1n) is 6.88. The Labute approximate surface area is 115 Å². The van der Waals surface area contributed by atoms with Gasteiger partial charge in [-0.15, -0.1) is 0 Å². The zero-order valence-electron chi connectivity index (χ0n) is 12.0. The average molecular weight is 261 g/mol. The molecule has 0 spiro atoms. The smallest absolute Gasteiger partial charge is 0.161 e. The van der Waals surface area contributed by atoms with Crippen molar-refractivity contribution in [3.8, 4) is 0 Å². The van der Waals surface area contributed by atoms with Gasteiger partial charge in [0.25, 0.3) is 0 Å². The molecule has 4 nitrogen and oxygen atoms in total. The molecule has 1 atom stereocenters. The molecular formula is C15H23N3O. The Morgan fingerprint density at radius 1 is 1.42 bits per heavy atom. The predicted molar refractivity (Wildman–Crippen MR) is 79.8 cm³/mol. The molecule has 2 rings (SSSR count). The van der Waals surface area contributed by atoms with Crippen molar-refractivity contribution in [2.24, 2.45) is 0 Å². The van der Waals surface area contributed by atoms with Gasteiger partial charge in [0, 0.05) is 42.6 Å². The Balaban J connectivity index is 2.18. The first kappa shape index (κ1) is 13.9. The number of piperazine rings is 1. The van der Waals surface area contributed by atoms with Gasteiger partial charge in [-0.05, 0) is 38.6 Å². The number of likely N-dealkylation sites (N-methyl/N-ethyl adjacent to an activating group) is 1. The average Bonchev–Trinajstić information content (AvgIpc) is 2.38. The van der Waals surface area contributed by atoms with Crippen LogP contribution in [0.25, 0.3) is 0 Å². The minimum atomic E-state index is 0.0221. The van der Waals surface area contributed by atoms with Crippen LogP contribution < -0.4 is 10.6 Å². The van der Waals surface area contributed by atoms with Crippen LogP contribution in [0.3, 0.4) is 0 Å². The summed E-state index contributed by atoms with van der Waals surface area (Å²) in [6.07, 6.45) is 1.15. The van der Waals surface area contributed by atoms with Gasteiger partial charge in [-0.25, -0.2) is 0 Å². The van der Waals surface area contributed by atoms with E-state index in [0.29, 0.717) is 17.3 Å². The summed E-state index contributed by atoms with van der Waals surface area (Å²) in [6, 6.07) is 6.36. The van der Waals surface area contributed by atoms with Gasteiger partial charge in [-0.2, -0.15) is 0 Å². The van der Waals surface area contributed by atoms with E-state index in [1.54, 1.807) is 6.92 Å². The summed E-state index contributed by atoms with van der Waals surface area (Å²) in [4.78, 5) is 16.2. The fourth-order valence-electron chi connectivity index (χ4n) is 2.69. The SMILES string of the molecule is CCC1CN(c2ccc(C(C)=O)c(N)c2)CCN1C. The number of hydrogen-bond donors (Lipinski definition) is 1. The first-order chi connectivity index (χ1) is 9.02. The van der Waals surface area contributed by atoms with Crippen molar-refractivity contribution in [1.82, 2.24) is 4.90 Å². The van der Waals surface area contributed by atoms with E-state index >= 15 is 0 Å². The maximum atomic E-state index is 11.4. The van der Waals surface area contributed by atoms with Gasteiger partial charge >= 0.3 is 0 Å². The van der Waals surface area contributed by atoms with E-state index in [0.717, 1.165) is 31.7 Å². The molecule has 4 heteroatoms. The van der Waals surface area contributed by atoms with Crippen LogP contribution in [0.4, 0.5) is 11.4 Å². The third kappa shape index (κ3) is 2.89. The molecule has 0 bridgehead atoms. The van der Waals surface area contributed by atoms with E-state index in [4.69, 9.17) is 5.73 Å². The number of nitrogen functional groups attached to an aromatic ring is 1. The molecule has 0 saturated carbocycles. The van der Waals surface area contributed by atoms with Crippen LogP contribution in [-0.2, 0) is 0 Å². The molecule has 1 heterocycles. The Morgan fingerprint density at radius 2 is 2.16 bits per heavy atom. The summed E-state index contributed by atoms with van der Waals surface area (Å²) in [7, 11) is 2.18. The normalized spacial score (nSPS) is 20.6. The second kappa shape index (κ2) is 5.61. The number of hydrogen-bond acceptors (Lipinski definition) is 4. The van der Waals surface area contributed by atoms with E-state index in [1.165, 1.54) is 0 Å². The predicted octanol–water partition coefficient (Wildman–Crippen LogP) is 2.00. The van der Waals surface area contributed by atoms with Crippen molar-refractivity contribution < 1.29 is 4.79 Å². The second-order valence-electron chi connectivity index (χ2n) is 5.32. The molecule has 1 aromatic carbocycles. The lowest BCUT2D eigenvalue weighted by atomic mass is 10.1. The quantitative estimate of drug-likeness (QED) is 0.668. The molecule has 1 aliphatic rings. The number of Topliss-reactive ketones (excluding diaryl/α,β-unsaturated/α-hetero) is 1. The highest BCUT2D eigenvalue weighted by Crippen LogP contribution is 2.24. The van der Waals surface area contributed by atoms with Gasteiger partial charge in [-0.1, -0.05) is 6.92 Å². The van der Waals surface area contributed by atoms with E-state index in [2.05, 4.69) is 23.8 Å². The fourth-order valence-corrected chi connectivity index (χ4v) is 2.69. The van der Waals surface area contributed by atoms with Crippen LogP contribution >= 0.6 is 0 Å². The highest BCUT2D eigenvalue weighted by atomic mass is 16.1. The summed E-state index contributed by atoms with van der Waals surface area (Å²) >= 11 is 0. The maximum Gasteiger partial charge on any atom is 0.161 e. The van der Waals surface area contributed by atoms with Gasteiger partial charge < -0.3 is 10.6 Å². The highest BCUT2D eigenvalue weighted by molar-refractivity contribution is 5.99. The largest absolute Gasteiger partial charge is 0.398 e. The van der Waals surface area contributed by atoms with Crippen LogP contribution in [0.5, 0.6) is 0 Å². The zero-order valence-corrected chi connectivity index (χ0v) is 12.0. The van der Waals surface area contributed by atoms with Crippen LogP contribution in [0.1, 0.15) is 30.6 Å². The zero-order chi connectivity index (χ0) is 14.0. The van der Waals surface area contributed by atoms with E-state index in [-0.39, 0.29) is 5.78 Å². The minimum Gasteiger partial charge on any atom is -0.398 e. The van der Waals surface area contributed by atoms with Gasteiger partial charge in [0.15, 0.2) is 5.78 Å². The molecule has 0 amide bonds. The summed E-state index contributed by atoms with van der Waals surface area (Å²) in [5.41, 5.74) is 8.28. The van der Waals surface area contributed by atoms with Crippen LogP contribution in [0, 0.1) is 0 Å². The molecule has 2 N–H and O–H groups in total. The Kier molecular flexibility index (Phi) is 4.10. The van der Waals surface area contributed by atoms with Gasteiger partial charge in [0.2, 0.25) is 0 Å². The third-order valence-electron chi connectivity index (χ3n) is 4.03. The lowest BCUT2D eigenvalue weighted by Gasteiger charge is -2.40. The van der Waals surface area contributed by atoms with E-state index in [1.807, 2.05) is 18.2 Å². The van der Waals surface area contributed by atoms with Gasteiger partial charge in [0.1, 0.15) is 0 Å². The number of benzene rings is 1. The Hall–Kier alpha value is -1.55.